The molecule has 1 heterocycles. The maximum absolute atomic E-state index is 6.13. The van der Waals surface area contributed by atoms with E-state index < -0.39 is 0 Å². The molecule has 4 rings (SSSR count). The van der Waals surface area contributed by atoms with Crippen LogP contribution in [0.2, 0.25) is 5.02 Å². The fourth-order valence-corrected chi connectivity index (χ4v) is 4.89. The number of hydrogen-bond donors (Lipinski definition) is 2. The molecule has 4 nitrogen and oxygen atoms in total. The summed E-state index contributed by atoms with van der Waals surface area (Å²) in [6.45, 7) is 8.35. The van der Waals surface area contributed by atoms with Crippen LogP contribution in [0.4, 0.5) is 0 Å². The molecule has 1 aromatic carbocycles. The lowest BCUT2D eigenvalue weighted by Gasteiger charge is -2.55. The van der Waals surface area contributed by atoms with E-state index in [1.807, 2.05) is 12.1 Å². The number of rotatable bonds is 4. The van der Waals surface area contributed by atoms with E-state index >= 15 is 0 Å². The van der Waals surface area contributed by atoms with Gasteiger partial charge in [0.1, 0.15) is 0 Å². The zero-order valence-corrected chi connectivity index (χ0v) is 16.0. The lowest BCUT2D eigenvalue weighted by atomic mass is 9.57. The second kappa shape index (κ2) is 6.48. The smallest absolute Gasteiger partial charge is 0.191 e. The maximum Gasteiger partial charge on any atom is 0.191 e. The second-order valence-electron chi connectivity index (χ2n) is 8.16. The minimum atomic E-state index is 0.160. The average Bonchev–Trinajstić information content (AvgIpc) is 3.18. The Hall–Kier alpha value is -1.26. The molecule has 3 aliphatic rings. The Morgan fingerprint density at radius 3 is 2.96 bits per heavy atom. The van der Waals surface area contributed by atoms with E-state index in [2.05, 4.69) is 48.5 Å². The van der Waals surface area contributed by atoms with Crippen LogP contribution in [0.3, 0.4) is 0 Å². The van der Waals surface area contributed by atoms with Gasteiger partial charge in [0.05, 0.1) is 6.10 Å². The van der Waals surface area contributed by atoms with E-state index in [0.29, 0.717) is 30.0 Å². The highest BCUT2D eigenvalue weighted by atomic mass is 35.5. The number of hydrogen-bond acceptors (Lipinski definition) is 2. The Morgan fingerprint density at radius 2 is 2.20 bits per heavy atom. The fourth-order valence-electron chi connectivity index (χ4n) is 4.69. The van der Waals surface area contributed by atoms with Crippen LogP contribution in [0.5, 0.6) is 0 Å². The molecule has 1 saturated heterocycles. The fraction of sp³-hybridized carbons (Fsp3) is 0.650. The number of halogens is 1. The number of benzene rings is 1. The van der Waals surface area contributed by atoms with Gasteiger partial charge in [-0.3, -0.25) is 4.99 Å². The van der Waals surface area contributed by atoms with Crippen molar-refractivity contribution in [3.63, 3.8) is 0 Å². The Bertz CT molecular complexity index is 675. The third kappa shape index (κ3) is 3.15. The highest BCUT2D eigenvalue weighted by molar-refractivity contribution is 6.30. The predicted octanol–water partition coefficient (Wildman–Crippen LogP) is 3.56. The van der Waals surface area contributed by atoms with Gasteiger partial charge >= 0.3 is 0 Å². The van der Waals surface area contributed by atoms with Gasteiger partial charge in [-0.25, -0.2) is 0 Å². The molecule has 5 unspecified atom stereocenters. The van der Waals surface area contributed by atoms with E-state index in [-0.39, 0.29) is 5.41 Å². The molecule has 0 spiro atoms. The summed E-state index contributed by atoms with van der Waals surface area (Å²) in [5.74, 6) is 2.08. The molecule has 2 aliphatic carbocycles. The van der Waals surface area contributed by atoms with Crippen LogP contribution in [-0.4, -0.2) is 37.3 Å². The van der Waals surface area contributed by atoms with Crippen molar-refractivity contribution in [1.29, 1.82) is 0 Å². The summed E-state index contributed by atoms with van der Waals surface area (Å²) in [6.07, 6.45) is 2.68. The van der Waals surface area contributed by atoms with E-state index in [1.54, 1.807) is 0 Å². The first-order valence-electron chi connectivity index (χ1n) is 9.45. The predicted molar refractivity (Wildman–Crippen MR) is 102 cm³/mol. The van der Waals surface area contributed by atoms with Gasteiger partial charge in [-0.05, 0) is 37.5 Å². The lowest BCUT2D eigenvalue weighted by Crippen LogP contribution is -2.68. The molecule has 5 atom stereocenters. The van der Waals surface area contributed by atoms with E-state index in [4.69, 9.17) is 16.3 Å². The van der Waals surface area contributed by atoms with Gasteiger partial charge in [-0.1, -0.05) is 37.6 Å². The Balaban J connectivity index is 1.39. The molecule has 25 heavy (non-hydrogen) atoms. The van der Waals surface area contributed by atoms with Gasteiger partial charge in [0.15, 0.2) is 5.96 Å². The third-order valence-corrected chi connectivity index (χ3v) is 6.33. The van der Waals surface area contributed by atoms with Crippen LogP contribution >= 0.6 is 11.6 Å². The van der Waals surface area contributed by atoms with Gasteiger partial charge in [-0.2, -0.15) is 0 Å². The summed E-state index contributed by atoms with van der Waals surface area (Å²) in [6, 6.07) is 9.07. The number of ether oxygens (including phenoxy) is 1. The van der Waals surface area contributed by atoms with Gasteiger partial charge < -0.3 is 15.4 Å². The molecule has 3 fully saturated rings. The van der Waals surface area contributed by atoms with Crippen molar-refractivity contribution in [2.75, 3.05) is 13.2 Å². The van der Waals surface area contributed by atoms with Crippen molar-refractivity contribution in [3.05, 3.63) is 34.9 Å². The Kier molecular flexibility index (Phi) is 4.45. The van der Waals surface area contributed by atoms with Crippen molar-refractivity contribution < 1.29 is 4.74 Å². The monoisotopic (exact) mass is 361 g/mol. The van der Waals surface area contributed by atoms with Crippen LogP contribution in [0.25, 0.3) is 0 Å². The first-order valence-corrected chi connectivity index (χ1v) is 9.83. The quantitative estimate of drug-likeness (QED) is 0.636. The summed E-state index contributed by atoms with van der Waals surface area (Å²) in [5, 5.41) is 8.15. The Labute approximate surface area is 155 Å². The maximum atomic E-state index is 6.13. The molecule has 2 saturated carbocycles. The van der Waals surface area contributed by atoms with Gasteiger partial charge in [0, 0.05) is 47.5 Å². The van der Waals surface area contributed by atoms with Gasteiger partial charge in [-0.15, -0.1) is 0 Å². The lowest BCUT2D eigenvalue weighted by molar-refractivity contribution is -0.106. The first kappa shape index (κ1) is 17.2. The summed E-state index contributed by atoms with van der Waals surface area (Å²) >= 11 is 6.13. The molecule has 0 amide bonds. The molecule has 2 N–H and O–H groups in total. The summed E-state index contributed by atoms with van der Waals surface area (Å²) < 4.78 is 5.91. The number of nitrogens with zero attached hydrogens (tertiary/aromatic N) is 1. The van der Waals surface area contributed by atoms with Crippen molar-refractivity contribution in [2.45, 2.75) is 57.7 Å². The minimum Gasteiger partial charge on any atom is -0.377 e. The molecular formula is C20H28ClN3O. The van der Waals surface area contributed by atoms with Gasteiger partial charge in [0.25, 0.3) is 0 Å². The zero-order valence-electron chi connectivity index (χ0n) is 15.3. The third-order valence-electron chi connectivity index (χ3n) is 6.10. The first-order chi connectivity index (χ1) is 12.0. The normalized spacial score (nSPS) is 35.7. The van der Waals surface area contributed by atoms with E-state index in [0.717, 1.165) is 37.0 Å². The molecular weight excluding hydrogens is 334 g/mol. The van der Waals surface area contributed by atoms with Crippen LogP contribution in [0.1, 0.15) is 45.1 Å². The summed E-state index contributed by atoms with van der Waals surface area (Å²) in [7, 11) is 0. The standard InChI is InChI=1S/C20H28ClN3O/c1-4-22-19(24-17-14-8-9-25-18(14)20(17,2)3)23-16-11-15(16)12-6-5-7-13(21)10-12/h5-7,10,14-18H,4,8-9,11H2,1-3H3,(H2,22,23,24). The minimum absolute atomic E-state index is 0.160. The summed E-state index contributed by atoms with van der Waals surface area (Å²) in [5.41, 5.74) is 1.47. The van der Waals surface area contributed by atoms with Crippen LogP contribution in [0, 0.1) is 11.3 Å². The highest BCUT2D eigenvalue weighted by Crippen LogP contribution is 2.52. The molecule has 0 radical (unpaired) electrons. The van der Waals surface area contributed by atoms with Crippen LogP contribution in [-0.2, 0) is 4.74 Å². The van der Waals surface area contributed by atoms with Crippen molar-refractivity contribution >= 4 is 17.6 Å². The molecule has 0 bridgehead atoms. The number of nitrogens with one attached hydrogen (secondary N) is 2. The molecule has 136 valence electrons. The van der Waals surface area contributed by atoms with E-state index in [1.165, 1.54) is 5.56 Å². The second-order valence-corrected chi connectivity index (χ2v) is 8.59. The summed E-state index contributed by atoms with van der Waals surface area (Å²) in [4.78, 5) is 4.68. The van der Waals surface area contributed by atoms with Crippen LogP contribution < -0.4 is 10.6 Å². The Morgan fingerprint density at radius 1 is 1.36 bits per heavy atom. The van der Waals surface area contributed by atoms with Gasteiger partial charge in [0.2, 0.25) is 0 Å². The topological polar surface area (TPSA) is 45.7 Å². The van der Waals surface area contributed by atoms with Crippen molar-refractivity contribution in [2.24, 2.45) is 16.3 Å². The highest BCUT2D eigenvalue weighted by Gasteiger charge is 2.59. The number of aliphatic imine (C=N–C) groups is 1. The van der Waals surface area contributed by atoms with Crippen molar-refractivity contribution in [3.8, 4) is 0 Å². The largest absolute Gasteiger partial charge is 0.377 e. The van der Waals surface area contributed by atoms with Crippen molar-refractivity contribution in [1.82, 2.24) is 10.6 Å². The zero-order chi connectivity index (χ0) is 17.6. The average molecular weight is 362 g/mol. The number of fused-ring (bicyclic) bond motifs is 1. The molecule has 5 heteroatoms. The number of guanidine groups is 1. The molecule has 1 aliphatic heterocycles. The molecule has 0 aromatic heterocycles. The molecule has 1 aromatic rings. The SMILES string of the molecule is CCN=C(NC1CC1c1cccc(Cl)c1)NC1C2CCOC2C1(C)C. The van der Waals surface area contributed by atoms with E-state index in [9.17, 15) is 0 Å². The van der Waals surface area contributed by atoms with Crippen LogP contribution in [0.15, 0.2) is 29.3 Å².